The van der Waals surface area contributed by atoms with E-state index in [2.05, 4.69) is 31.0 Å². The van der Waals surface area contributed by atoms with Gasteiger partial charge in [0.2, 0.25) is 0 Å². The third-order valence-electron chi connectivity index (χ3n) is 3.90. The molecule has 1 aliphatic rings. The van der Waals surface area contributed by atoms with Gasteiger partial charge in [-0.1, -0.05) is 12.5 Å². The molecule has 1 atom stereocenters. The van der Waals surface area contributed by atoms with Crippen molar-refractivity contribution in [3.05, 3.63) is 29.3 Å². The zero-order valence-corrected chi connectivity index (χ0v) is 11.5. The first-order valence-corrected chi connectivity index (χ1v) is 6.83. The van der Waals surface area contributed by atoms with Crippen molar-refractivity contribution in [2.45, 2.75) is 38.8 Å². The molecule has 1 aromatic rings. The van der Waals surface area contributed by atoms with Gasteiger partial charge in [0.15, 0.2) is 0 Å². The number of hydrogen-bond donors (Lipinski definition) is 1. The van der Waals surface area contributed by atoms with Crippen LogP contribution in [0, 0.1) is 6.92 Å². The highest BCUT2D eigenvalue weighted by Crippen LogP contribution is 2.20. The summed E-state index contributed by atoms with van der Waals surface area (Å²) in [5.41, 5.74) is 8.07. The van der Waals surface area contributed by atoms with Crippen LogP contribution in [0.1, 0.15) is 30.4 Å². The Balaban J connectivity index is 1.91. The number of piperidine rings is 1. The van der Waals surface area contributed by atoms with Crippen molar-refractivity contribution in [2.75, 3.05) is 20.2 Å². The molecule has 0 bridgehead atoms. The number of hydrogen-bond acceptors (Lipinski definition) is 3. The van der Waals surface area contributed by atoms with Crippen LogP contribution >= 0.6 is 0 Å². The van der Waals surface area contributed by atoms with Crippen molar-refractivity contribution in [1.29, 1.82) is 0 Å². The second-order valence-corrected chi connectivity index (χ2v) is 5.23. The SMILES string of the molecule is Cc1cc(OCC2CCCCN2C)ccc1CN. The number of ether oxygens (including phenoxy) is 1. The Morgan fingerprint density at radius 3 is 2.89 bits per heavy atom. The van der Waals surface area contributed by atoms with Crippen molar-refractivity contribution < 1.29 is 4.74 Å². The summed E-state index contributed by atoms with van der Waals surface area (Å²) in [6.45, 7) is 4.66. The third-order valence-corrected chi connectivity index (χ3v) is 3.90. The van der Waals surface area contributed by atoms with Gasteiger partial charge in [-0.3, -0.25) is 0 Å². The summed E-state index contributed by atoms with van der Waals surface area (Å²) in [4.78, 5) is 2.41. The molecule has 100 valence electrons. The quantitative estimate of drug-likeness (QED) is 0.888. The summed E-state index contributed by atoms with van der Waals surface area (Å²) in [6, 6.07) is 6.74. The zero-order valence-electron chi connectivity index (χ0n) is 11.5. The standard InChI is InChI=1S/C15H24N2O/c1-12-9-15(7-6-13(12)10-16)18-11-14-5-3-4-8-17(14)2/h6-7,9,14H,3-5,8,10-11,16H2,1-2H3. The molecule has 1 saturated heterocycles. The Bertz CT molecular complexity index is 392. The van der Waals surface area contributed by atoms with Gasteiger partial charge in [-0.25, -0.2) is 0 Å². The van der Waals surface area contributed by atoms with Crippen LogP contribution in [-0.2, 0) is 6.54 Å². The van der Waals surface area contributed by atoms with Gasteiger partial charge >= 0.3 is 0 Å². The molecule has 0 radical (unpaired) electrons. The molecule has 1 heterocycles. The summed E-state index contributed by atoms with van der Waals surface area (Å²) < 4.78 is 5.91. The fraction of sp³-hybridized carbons (Fsp3) is 0.600. The van der Waals surface area contributed by atoms with E-state index >= 15 is 0 Å². The molecule has 0 aliphatic carbocycles. The smallest absolute Gasteiger partial charge is 0.119 e. The van der Waals surface area contributed by atoms with E-state index in [1.807, 2.05) is 6.07 Å². The van der Waals surface area contributed by atoms with Crippen molar-refractivity contribution in [3.63, 3.8) is 0 Å². The Morgan fingerprint density at radius 2 is 2.22 bits per heavy atom. The highest BCUT2D eigenvalue weighted by atomic mass is 16.5. The molecule has 0 saturated carbocycles. The average molecular weight is 248 g/mol. The van der Waals surface area contributed by atoms with Gasteiger partial charge in [0.05, 0.1) is 0 Å². The monoisotopic (exact) mass is 248 g/mol. The molecule has 1 aliphatic heterocycles. The largest absolute Gasteiger partial charge is 0.492 e. The summed E-state index contributed by atoms with van der Waals surface area (Å²) >= 11 is 0. The summed E-state index contributed by atoms with van der Waals surface area (Å²) in [5, 5.41) is 0. The lowest BCUT2D eigenvalue weighted by Crippen LogP contribution is -2.40. The van der Waals surface area contributed by atoms with Crippen LogP contribution < -0.4 is 10.5 Å². The van der Waals surface area contributed by atoms with Gasteiger partial charge in [-0.15, -0.1) is 0 Å². The van der Waals surface area contributed by atoms with E-state index < -0.39 is 0 Å². The van der Waals surface area contributed by atoms with Crippen molar-refractivity contribution in [2.24, 2.45) is 5.73 Å². The first kappa shape index (κ1) is 13.4. The number of likely N-dealkylation sites (N-methyl/N-ethyl adjacent to an activating group) is 1. The molecule has 0 aromatic heterocycles. The predicted octanol–water partition coefficient (Wildman–Crippen LogP) is 2.32. The van der Waals surface area contributed by atoms with E-state index in [1.165, 1.54) is 36.9 Å². The Labute approximate surface area is 110 Å². The summed E-state index contributed by atoms with van der Waals surface area (Å²) in [5.74, 6) is 0.962. The van der Waals surface area contributed by atoms with Gasteiger partial charge in [0.25, 0.3) is 0 Å². The number of nitrogens with zero attached hydrogens (tertiary/aromatic N) is 1. The Morgan fingerprint density at radius 1 is 1.39 bits per heavy atom. The number of benzene rings is 1. The molecule has 18 heavy (non-hydrogen) atoms. The minimum atomic E-state index is 0.563. The molecule has 0 amide bonds. The molecule has 3 nitrogen and oxygen atoms in total. The van der Waals surface area contributed by atoms with E-state index in [9.17, 15) is 0 Å². The van der Waals surface area contributed by atoms with Crippen molar-refractivity contribution in [1.82, 2.24) is 4.90 Å². The lowest BCUT2D eigenvalue weighted by molar-refractivity contribution is 0.125. The molecule has 1 unspecified atom stereocenters. The van der Waals surface area contributed by atoms with E-state index in [0.29, 0.717) is 12.6 Å². The molecule has 1 aromatic carbocycles. The molecule has 1 fully saturated rings. The molecule has 2 rings (SSSR count). The second kappa shape index (κ2) is 6.21. The fourth-order valence-corrected chi connectivity index (χ4v) is 2.53. The van der Waals surface area contributed by atoms with Crippen LogP contribution in [-0.4, -0.2) is 31.1 Å². The third kappa shape index (κ3) is 3.24. The maximum absolute atomic E-state index is 5.91. The molecule has 3 heteroatoms. The minimum absolute atomic E-state index is 0.563. The number of likely N-dealkylation sites (tertiary alicyclic amines) is 1. The summed E-state index contributed by atoms with van der Waals surface area (Å²) in [7, 11) is 2.19. The van der Waals surface area contributed by atoms with Crippen LogP contribution in [0.15, 0.2) is 18.2 Å². The molecular weight excluding hydrogens is 224 g/mol. The van der Waals surface area contributed by atoms with Gasteiger partial charge in [-0.2, -0.15) is 0 Å². The lowest BCUT2D eigenvalue weighted by atomic mass is 10.0. The van der Waals surface area contributed by atoms with Crippen molar-refractivity contribution in [3.8, 4) is 5.75 Å². The van der Waals surface area contributed by atoms with Crippen LogP contribution in [0.4, 0.5) is 0 Å². The van der Waals surface area contributed by atoms with Gasteiger partial charge in [0.1, 0.15) is 12.4 Å². The van der Waals surface area contributed by atoms with Gasteiger partial charge in [0, 0.05) is 12.6 Å². The van der Waals surface area contributed by atoms with E-state index in [1.54, 1.807) is 0 Å². The molecule has 0 spiro atoms. The van der Waals surface area contributed by atoms with E-state index in [4.69, 9.17) is 10.5 Å². The fourth-order valence-electron chi connectivity index (χ4n) is 2.53. The Kier molecular flexibility index (Phi) is 4.61. The highest BCUT2D eigenvalue weighted by Gasteiger charge is 2.19. The minimum Gasteiger partial charge on any atom is -0.492 e. The first-order chi connectivity index (χ1) is 8.70. The normalized spacial score (nSPS) is 20.9. The van der Waals surface area contributed by atoms with E-state index in [0.717, 1.165) is 12.4 Å². The summed E-state index contributed by atoms with van der Waals surface area (Å²) in [6.07, 6.45) is 3.89. The second-order valence-electron chi connectivity index (χ2n) is 5.23. The van der Waals surface area contributed by atoms with Gasteiger partial charge < -0.3 is 15.4 Å². The first-order valence-electron chi connectivity index (χ1n) is 6.83. The van der Waals surface area contributed by atoms with E-state index in [-0.39, 0.29) is 0 Å². The van der Waals surface area contributed by atoms with Crippen LogP contribution in [0.25, 0.3) is 0 Å². The number of aryl methyl sites for hydroxylation is 1. The number of rotatable bonds is 4. The maximum atomic E-state index is 5.91. The maximum Gasteiger partial charge on any atom is 0.119 e. The van der Waals surface area contributed by atoms with Crippen LogP contribution in [0.2, 0.25) is 0 Å². The van der Waals surface area contributed by atoms with Crippen LogP contribution in [0.5, 0.6) is 5.75 Å². The van der Waals surface area contributed by atoms with Crippen LogP contribution in [0.3, 0.4) is 0 Å². The molecule has 2 N–H and O–H groups in total. The number of nitrogens with two attached hydrogens (primary N) is 1. The van der Waals surface area contributed by atoms with Crippen molar-refractivity contribution >= 4 is 0 Å². The predicted molar refractivity (Wildman–Crippen MR) is 74.8 cm³/mol. The average Bonchev–Trinajstić information content (AvgIpc) is 2.38. The zero-order chi connectivity index (χ0) is 13.0. The topological polar surface area (TPSA) is 38.5 Å². The highest BCUT2D eigenvalue weighted by molar-refractivity contribution is 5.34. The lowest BCUT2D eigenvalue weighted by Gasteiger charge is -2.32. The van der Waals surface area contributed by atoms with Gasteiger partial charge in [-0.05, 0) is 56.6 Å². The molecular formula is C15H24N2O. The Hall–Kier alpha value is -1.06.